The Balaban J connectivity index is 2.05. The molecule has 1 N–H and O–H groups in total. The molecule has 1 atom stereocenters. The van der Waals surface area contributed by atoms with Crippen LogP contribution in [0.1, 0.15) is 28.4 Å². The average Bonchev–Trinajstić information content (AvgIpc) is 2.52. The number of carbonyl (C=O) groups is 1. The first-order chi connectivity index (χ1) is 10.2. The van der Waals surface area contributed by atoms with Crippen LogP contribution in [0.3, 0.4) is 0 Å². The van der Waals surface area contributed by atoms with E-state index in [2.05, 4.69) is 16.4 Å². The number of carbonyl (C=O) groups excluding carboxylic acids is 1. The molecule has 0 saturated carbocycles. The smallest absolute Gasteiger partial charge is 0.252 e. The van der Waals surface area contributed by atoms with Crippen LogP contribution in [0.15, 0.2) is 42.6 Å². The van der Waals surface area contributed by atoms with Gasteiger partial charge in [0, 0.05) is 17.8 Å². The summed E-state index contributed by atoms with van der Waals surface area (Å²) in [5.74, 6) is 0.561. The van der Waals surface area contributed by atoms with Crippen LogP contribution in [0.5, 0.6) is 5.88 Å². The van der Waals surface area contributed by atoms with Crippen molar-refractivity contribution in [2.45, 2.75) is 13.0 Å². The fourth-order valence-electron chi connectivity index (χ4n) is 2.50. The first-order valence-corrected chi connectivity index (χ1v) is 6.81. The number of nitrogens with zero attached hydrogens (tertiary/aromatic N) is 1. The predicted molar refractivity (Wildman–Crippen MR) is 82.0 cm³/mol. The molecule has 0 radical (unpaired) electrons. The highest BCUT2D eigenvalue weighted by molar-refractivity contribution is 6.06. The molecule has 0 aliphatic carbocycles. The van der Waals surface area contributed by atoms with Gasteiger partial charge < -0.3 is 10.1 Å². The minimum absolute atomic E-state index is 0.0249. The van der Waals surface area contributed by atoms with Gasteiger partial charge in [0.05, 0.1) is 13.2 Å². The molecular weight excluding hydrogens is 264 g/mol. The third-order valence-corrected chi connectivity index (χ3v) is 3.59. The van der Waals surface area contributed by atoms with Gasteiger partial charge in [0.15, 0.2) is 0 Å². The number of rotatable bonds is 2. The number of amides is 1. The Morgan fingerprint density at radius 2 is 1.95 bits per heavy atom. The van der Waals surface area contributed by atoms with Gasteiger partial charge in [-0.15, -0.1) is 0 Å². The molecule has 1 aliphatic rings. The summed E-state index contributed by atoms with van der Waals surface area (Å²) in [6.45, 7) is 1.98. The number of hydrogen-bond acceptors (Lipinski definition) is 3. The average molecular weight is 280 g/mol. The number of fused-ring (bicyclic) bond motifs is 1. The summed E-state index contributed by atoms with van der Waals surface area (Å²) in [7, 11) is 1.59. The monoisotopic (exact) mass is 280 g/mol. The SMILES string of the molecule is COc1ccc(C=C2c3ccccc3C(=O)NC2C)cn1. The third-order valence-electron chi connectivity index (χ3n) is 3.59. The van der Waals surface area contributed by atoms with Gasteiger partial charge in [-0.3, -0.25) is 4.79 Å². The van der Waals surface area contributed by atoms with Gasteiger partial charge in [0.1, 0.15) is 0 Å². The zero-order valence-corrected chi connectivity index (χ0v) is 12.0. The largest absolute Gasteiger partial charge is 0.481 e. The summed E-state index contributed by atoms with van der Waals surface area (Å²) in [6, 6.07) is 11.4. The molecule has 3 rings (SSSR count). The Labute approximate surface area is 123 Å². The summed E-state index contributed by atoms with van der Waals surface area (Å²) < 4.78 is 5.06. The molecule has 0 spiro atoms. The van der Waals surface area contributed by atoms with Crippen molar-refractivity contribution in [3.8, 4) is 5.88 Å². The fourth-order valence-corrected chi connectivity index (χ4v) is 2.50. The molecule has 1 aromatic carbocycles. The van der Waals surface area contributed by atoms with Gasteiger partial charge in [0.25, 0.3) is 5.91 Å². The Kier molecular flexibility index (Phi) is 3.44. The molecule has 106 valence electrons. The fraction of sp³-hybridized carbons (Fsp3) is 0.176. The summed E-state index contributed by atoms with van der Waals surface area (Å²) in [5.41, 5.74) is 3.74. The summed E-state index contributed by atoms with van der Waals surface area (Å²) >= 11 is 0. The van der Waals surface area contributed by atoms with E-state index in [-0.39, 0.29) is 11.9 Å². The van der Waals surface area contributed by atoms with E-state index < -0.39 is 0 Å². The van der Waals surface area contributed by atoms with E-state index in [1.165, 1.54) is 0 Å². The van der Waals surface area contributed by atoms with E-state index in [1.54, 1.807) is 13.3 Å². The van der Waals surface area contributed by atoms with Gasteiger partial charge >= 0.3 is 0 Å². The lowest BCUT2D eigenvalue weighted by molar-refractivity contribution is 0.0943. The standard InChI is InChI=1S/C17H16N2O2/c1-11-15(9-12-7-8-16(21-2)18-10-12)13-5-3-4-6-14(13)17(20)19-11/h3-11H,1-2H3,(H,19,20). The Morgan fingerprint density at radius 1 is 1.19 bits per heavy atom. The number of hydrogen-bond donors (Lipinski definition) is 1. The van der Waals surface area contributed by atoms with Gasteiger partial charge in [0.2, 0.25) is 5.88 Å². The van der Waals surface area contributed by atoms with E-state index in [4.69, 9.17) is 4.74 Å². The molecule has 1 unspecified atom stereocenters. The van der Waals surface area contributed by atoms with Gasteiger partial charge in [-0.25, -0.2) is 4.98 Å². The van der Waals surface area contributed by atoms with Crippen LogP contribution in [0.25, 0.3) is 11.6 Å². The number of aromatic nitrogens is 1. The Hall–Kier alpha value is -2.62. The molecule has 1 aromatic heterocycles. The van der Waals surface area contributed by atoms with E-state index >= 15 is 0 Å². The van der Waals surface area contributed by atoms with Crippen molar-refractivity contribution in [2.75, 3.05) is 7.11 Å². The number of methoxy groups -OCH3 is 1. The van der Waals surface area contributed by atoms with Crippen molar-refractivity contribution in [2.24, 2.45) is 0 Å². The molecule has 0 fully saturated rings. The molecule has 0 saturated heterocycles. The minimum Gasteiger partial charge on any atom is -0.481 e. The lowest BCUT2D eigenvalue weighted by Gasteiger charge is -2.26. The van der Waals surface area contributed by atoms with Crippen LogP contribution in [-0.4, -0.2) is 24.0 Å². The summed E-state index contributed by atoms with van der Waals surface area (Å²) in [5, 5.41) is 2.98. The van der Waals surface area contributed by atoms with E-state index in [9.17, 15) is 4.79 Å². The van der Waals surface area contributed by atoms with Crippen LogP contribution in [0.2, 0.25) is 0 Å². The number of pyridine rings is 1. The van der Waals surface area contributed by atoms with Crippen LogP contribution in [0.4, 0.5) is 0 Å². The van der Waals surface area contributed by atoms with E-state index in [0.29, 0.717) is 11.4 Å². The van der Waals surface area contributed by atoms with Crippen molar-refractivity contribution in [1.82, 2.24) is 10.3 Å². The van der Waals surface area contributed by atoms with Crippen molar-refractivity contribution in [3.63, 3.8) is 0 Å². The van der Waals surface area contributed by atoms with Crippen LogP contribution >= 0.6 is 0 Å². The normalized spacial score (nSPS) is 19.0. The molecular formula is C17H16N2O2. The highest BCUT2D eigenvalue weighted by Crippen LogP contribution is 2.29. The molecule has 4 heteroatoms. The maximum absolute atomic E-state index is 12.0. The van der Waals surface area contributed by atoms with Gasteiger partial charge in [-0.05, 0) is 41.8 Å². The minimum atomic E-state index is -0.0329. The van der Waals surface area contributed by atoms with E-state index in [0.717, 1.165) is 16.7 Å². The second-order valence-corrected chi connectivity index (χ2v) is 4.97. The maximum Gasteiger partial charge on any atom is 0.252 e. The van der Waals surface area contributed by atoms with Gasteiger partial charge in [-0.2, -0.15) is 0 Å². The summed E-state index contributed by atoms with van der Waals surface area (Å²) in [4.78, 5) is 16.2. The lowest BCUT2D eigenvalue weighted by Crippen LogP contribution is -2.38. The quantitative estimate of drug-likeness (QED) is 0.920. The number of ether oxygens (including phenoxy) is 1. The Morgan fingerprint density at radius 3 is 2.62 bits per heavy atom. The molecule has 4 nitrogen and oxygen atoms in total. The predicted octanol–water partition coefficient (Wildman–Crippen LogP) is 2.76. The second kappa shape index (κ2) is 5.40. The molecule has 21 heavy (non-hydrogen) atoms. The maximum atomic E-state index is 12.0. The number of benzene rings is 1. The first kappa shape index (κ1) is 13.4. The highest BCUT2D eigenvalue weighted by Gasteiger charge is 2.25. The second-order valence-electron chi connectivity index (χ2n) is 4.97. The Bertz CT molecular complexity index is 705. The van der Waals surface area contributed by atoms with E-state index in [1.807, 2.05) is 43.3 Å². The zero-order valence-electron chi connectivity index (χ0n) is 12.0. The zero-order chi connectivity index (χ0) is 14.8. The topological polar surface area (TPSA) is 51.2 Å². The summed E-state index contributed by atoms with van der Waals surface area (Å²) in [6.07, 6.45) is 3.81. The number of nitrogens with one attached hydrogen (secondary N) is 1. The van der Waals surface area contributed by atoms with Crippen molar-refractivity contribution in [3.05, 3.63) is 59.3 Å². The van der Waals surface area contributed by atoms with Crippen LogP contribution in [-0.2, 0) is 0 Å². The molecule has 1 aliphatic heterocycles. The first-order valence-electron chi connectivity index (χ1n) is 6.81. The lowest BCUT2D eigenvalue weighted by atomic mass is 9.89. The van der Waals surface area contributed by atoms with Gasteiger partial charge in [-0.1, -0.05) is 18.2 Å². The molecule has 0 bridgehead atoms. The highest BCUT2D eigenvalue weighted by atomic mass is 16.5. The molecule has 2 heterocycles. The van der Waals surface area contributed by atoms with Crippen molar-refractivity contribution >= 4 is 17.6 Å². The van der Waals surface area contributed by atoms with Crippen LogP contribution in [0, 0.1) is 0 Å². The van der Waals surface area contributed by atoms with Crippen molar-refractivity contribution < 1.29 is 9.53 Å². The van der Waals surface area contributed by atoms with Crippen LogP contribution < -0.4 is 10.1 Å². The molecule has 1 amide bonds. The van der Waals surface area contributed by atoms with Crippen molar-refractivity contribution in [1.29, 1.82) is 0 Å². The molecule has 2 aromatic rings. The third kappa shape index (κ3) is 2.52.